The summed E-state index contributed by atoms with van der Waals surface area (Å²) in [4.78, 5) is 0. The molecule has 0 aromatic rings. The zero-order chi connectivity index (χ0) is 7.98. The van der Waals surface area contributed by atoms with Crippen LogP contribution in [-0.2, 0) is 11.2 Å². The van der Waals surface area contributed by atoms with Gasteiger partial charge in [0.1, 0.15) is 0 Å². The van der Waals surface area contributed by atoms with Gasteiger partial charge in [-0.3, -0.25) is 0 Å². The Kier molecular flexibility index (Phi) is 6.80. The lowest BCUT2D eigenvalue weighted by Crippen LogP contribution is -2.15. The predicted octanol–water partition coefficient (Wildman–Crippen LogP) is 2.24. The summed E-state index contributed by atoms with van der Waals surface area (Å²) in [5.74, 6) is 0. The maximum atomic E-state index is 11.0. The van der Waals surface area contributed by atoms with Gasteiger partial charge in [-0.15, -0.1) is 11.8 Å². The van der Waals surface area contributed by atoms with Crippen molar-refractivity contribution in [3.05, 3.63) is 0 Å². The molecule has 0 aromatic carbocycles. The number of thioether (sulfide) groups is 1. The summed E-state index contributed by atoms with van der Waals surface area (Å²) in [6.07, 6.45) is 7.32. The lowest BCUT2D eigenvalue weighted by Gasteiger charge is -2.15. The van der Waals surface area contributed by atoms with Crippen molar-refractivity contribution in [2.24, 2.45) is 0 Å². The summed E-state index contributed by atoms with van der Waals surface area (Å²) in [6.45, 7) is 2.16. The van der Waals surface area contributed by atoms with E-state index >= 15 is 0 Å². The van der Waals surface area contributed by atoms with Gasteiger partial charge >= 0.3 is 0 Å². The van der Waals surface area contributed by atoms with E-state index in [4.69, 9.17) is 0 Å². The molecule has 0 radical (unpaired) electrons. The average molecular weight is 180 g/mol. The molecule has 0 saturated carbocycles. The van der Waals surface area contributed by atoms with Crippen molar-refractivity contribution < 1.29 is 4.55 Å². The summed E-state index contributed by atoms with van der Waals surface area (Å²) in [7, 11) is 0. The molecule has 1 nitrogen and oxygen atoms in total. The summed E-state index contributed by atoms with van der Waals surface area (Å²) >= 11 is 1.08. The van der Waals surface area contributed by atoms with E-state index in [0.717, 1.165) is 6.42 Å². The number of unbranched alkanes of at least 4 members (excludes halogenated alkanes) is 1. The predicted molar refractivity (Wildman–Crippen MR) is 50.9 cm³/mol. The molecule has 0 fully saturated rings. The number of hydrogen-bond acceptors (Lipinski definition) is 2. The van der Waals surface area contributed by atoms with Crippen LogP contribution < -0.4 is 0 Å². The highest BCUT2D eigenvalue weighted by molar-refractivity contribution is 8.12. The Bertz CT molecular complexity index is 76.0. The van der Waals surface area contributed by atoms with Gasteiger partial charge in [-0.25, -0.2) is 0 Å². The van der Waals surface area contributed by atoms with Crippen LogP contribution in [0.3, 0.4) is 0 Å². The quantitative estimate of drug-likeness (QED) is 0.606. The molecule has 2 unspecified atom stereocenters. The summed E-state index contributed by atoms with van der Waals surface area (Å²) in [6, 6.07) is 0. The second kappa shape index (κ2) is 6.38. The maximum absolute atomic E-state index is 11.0. The first-order valence-electron chi connectivity index (χ1n) is 3.57. The minimum Gasteiger partial charge on any atom is -0.616 e. The third-order valence-corrected chi connectivity index (χ3v) is 4.55. The normalized spacial score (nSPS) is 16.8. The average Bonchev–Trinajstić information content (AvgIpc) is 1.89. The molecule has 0 aliphatic heterocycles. The van der Waals surface area contributed by atoms with Crippen molar-refractivity contribution in [3.8, 4) is 0 Å². The van der Waals surface area contributed by atoms with Crippen LogP contribution in [0.2, 0.25) is 0 Å². The molecule has 0 aliphatic carbocycles. The second-order valence-corrected chi connectivity index (χ2v) is 5.21. The van der Waals surface area contributed by atoms with Crippen molar-refractivity contribution in [2.75, 3.05) is 12.5 Å². The largest absolute Gasteiger partial charge is 0.616 e. The second-order valence-electron chi connectivity index (χ2n) is 2.31. The van der Waals surface area contributed by atoms with Crippen LogP contribution in [0, 0.1) is 0 Å². The van der Waals surface area contributed by atoms with E-state index in [9.17, 15) is 4.55 Å². The van der Waals surface area contributed by atoms with E-state index in [1.807, 2.05) is 6.26 Å². The molecular weight excluding hydrogens is 164 g/mol. The van der Waals surface area contributed by atoms with Crippen LogP contribution in [0.5, 0.6) is 0 Å². The molecule has 0 aromatic heterocycles. The van der Waals surface area contributed by atoms with Gasteiger partial charge in [-0.05, 0) is 23.9 Å². The smallest absolute Gasteiger partial charge is 0.160 e. The van der Waals surface area contributed by atoms with Crippen molar-refractivity contribution >= 4 is 22.9 Å². The van der Waals surface area contributed by atoms with E-state index in [-0.39, 0.29) is 0 Å². The maximum Gasteiger partial charge on any atom is 0.160 e. The van der Waals surface area contributed by atoms with Crippen molar-refractivity contribution in [1.29, 1.82) is 0 Å². The lowest BCUT2D eigenvalue weighted by atomic mass is 10.3. The van der Waals surface area contributed by atoms with Crippen molar-refractivity contribution in [1.82, 2.24) is 0 Å². The van der Waals surface area contributed by atoms with Crippen molar-refractivity contribution in [2.45, 2.75) is 30.8 Å². The minimum atomic E-state index is -0.642. The summed E-state index contributed by atoms with van der Waals surface area (Å²) in [5.41, 5.74) is 0. The zero-order valence-electron chi connectivity index (χ0n) is 6.92. The van der Waals surface area contributed by atoms with Gasteiger partial charge in [0.05, 0.1) is 6.26 Å². The summed E-state index contributed by atoms with van der Waals surface area (Å²) < 4.78 is 11.3. The SMILES string of the molecule is CCCCC(SC)[S+](C)[O-]. The van der Waals surface area contributed by atoms with E-state index < -0.39 is 11.2 Å². The van der Waals surface area contributed by atoms with Crippen LogP contribution >= 0.6 is 11.8 Å². The standard InChI is InChI=1S/C7H16OS2/c1-4-5-6-7(9-2)10(3)8/h7H,4-6H2,1-3H3. The Labute approximate surface area is 71.1 Å². The van der Waals surface area contributed by atoms with Crippen LogP contribution in [-0.4, -0.2) is 21.6 Å². The molecule has 62 valence electrons. The molecule has 2 atom stereocenters. The molecule has 0 amide bonds. The number of rotatable bonds is 5. The molecule has 0 bridgehead atoms. The van der Waals surface area contributed by atoms with Crippen LogP contribution in [0.25, 0.3) is 0 Å². The lowest BCUT2D eigenvalue weighted by molar-refractivity contribution is 0.591. The molecule has 10 heavy (non-hydrogen) atoms. The minimum absolute atomic E-state index is 0.361. The zero-order valence-corrected chi connectivity index (χ0v) is 8.56. The monoisotopic (exact) mass is 180 g/mol. The topological polar surface area (TPSA) is 23.1 Å². The molecule has 0 spiro atoms. The van der Waals surface area contributed by atoms with Crippen LogP contribution in [0.1, 0.15) is 26.2 Å². The van der Waals surface area contributed by atoms with E-state index in [2.05, 4.69) is 6.92 Å². The highest BCUT2D eigenvalue weighted by Crippen LogP contribution is 2.19. The van der Waals surface area contributed by atoms with Gasteiger partial charge in [-0.2, -0.15) is 0 Å². The first kappa shape index (κ1) is 10.7. The van der Waals surface area contributed by atoms with Gasteiger partial charge in [0, 0.05) is 6.42 Å². The van der Waals surface area contributed by atoms with Crippen molar-refractivity contribution in [3.63, 3.8) is 0 Å². The molecule has 0 heterocycles. The molecule has 0 aliphatic rings. The third kappa shape index (κ3) is 4.47. The fraction of sp³-hybridized carbons (Fsp3) is 1.00. The Morgan fingerprint density at radius 1 is 1.60 bits per heavy atom. The van der Waals surface area contributed by atoms with Gasteiger partial charge in [-0.1, -0.05) is 13.3 Å². The first-order chi connectivity index (χ1) is 4.72. The summed E-state index contributed by atoms with van der Waals surface area (Å²) in [5, 5.41) is 0. The van der Waals surface area contributed by atoms with Crippen LogP contribution in [0.15, 0.2) is 0 Å². The molecule has 0 saturated heterocycles. The number of hydrogen-bond donors (Lipinski definition) is 0. The molecule has 3 heteroatoms. The van der Waals surface area contributed by atoms with E-state index in [0.29, 0.717) is 4.58 Å². The fourth-order valence-corrected chi connectivity index (χ4v) is 2.78. The first-order valence-corrected chi connectivity index (χ1v) is 6.48. The molecular formula is C7H16OS2. The Morgan fingerprint density at radius 2 is 2.20 bits per heavy atom. The molecule has 0 N–H and O–H groups in total. The fourth-order valence-electron chi connectivity index (χ4n) is 0.790. The van der Waals surface area contributed by atoms with Gasteiger partial charge in [0.25, 0.3) is 0 Å². The Morgan fingerprint density at radius 3 is 2.50 bits per heavy atom. The highest BCUT2D eigenvalue weighted by Gasteiger charge is 2.14. The third-order valence-electron chi connectivity index (χ3n) is 1.43. The van der Waals surface area contributed by atoms with Gasteiger partial charge in [0.2, 0.25) is 0 Å². The van der Waals surface area contributed by atoms with Crippen LogP contribution in [0.4, 0.5) is 0 Å². The Hall–Kier alpha value is 0.660. The highest BCUT2D eigenvalue weighted by atomic mass is 32.3. The molecule has 0 rings (SSSR count). The van der Waals surface area contributed by atoms with E-state index in [1.54, 1.807) is 18.0 Å². The van der Waals surface area contributed by atoms with Gasteiger partial charge in [0.15, 0.2) is 4.58 Å². The van der Waals surface area contributed by atoms with E-state index in [1.165, 1.54) is 12.8 Å². The Balaban J connectivity index is 3.40. The van der Waals surface area contributed by atoms with Gasteiger partial charge < -0.3 is 4.55 Å².